The Hall–Kier alpha value is -2.47. The van der Waals surface area contributed by atoms with Gasteiger partial charge in [-0.05, 0) is 24.3 Å². The van der Waals surface area contributed by atoms with Crippen LogP contribution >= 0.6 is 23.4 Å². The van der Waals surface area contributed by atoms with Crippen LogP contribution in [0.2, 0.25) is 5.02 Å². The zero-order valence-electron chi connectivity index (χ0n) is 15.0. The maximum Gasteiger partial charge on any atom is 0.313 e. The van der Waals surface area contributed by atoms with Gasteiger partial charge in [-0.1, -0.05) is 11.6 Å². The third kappa shape index (κ3) is 5.07. The number of anilines is 1. The highest BCUT2D eigenvalue weighted by Gasteiger charge is 2.25. The van der Waals surface area contributed by atoms with E-state index >= 15 is 0 Å². The number of benzene rings is 1. The first kappa shape index (κ1) is 20.3. The van der Waals surface area contributed by atoms with Gasteiger partial charge in [0, 0.05) is 41.7 Å². The topological polar surface area (TPSA) is 98.4 Å². The Bertz CT molecular complexity index is 876. The summed E-state index contributed by atoms with van der Waals surface area (Å²) >= 11 is 7.80. The van der Waals surface area contributed by atoms with Gasteiger partial charge < -0.3 is 15.1 Å². The quantitative estimate of drug-likeness (QED) is 0.724. The van der Waals surface area contributed by atoms with Crippen LogP contribution in [0.3, 0.4) is 0 Å². The molecule has 1 unspecified atom stereocenters. The summed E-state index contributed by atoms with van der Waals surface area (Å²) in [5.41, 5.74) is 1.39. The molecule has 9 heteroatoms. The molecule has 1 atom stereocenters. The number of halogens is 1. The maximum absolute atomic E-state index is 12.3. The minimum Gasteiger partial charge on any atom is -0.472 e. The Kier molecular flexibility index (Phi) is 6.98. The smallest absolute Gasteiger partial charge is 0.313 e. The Labute approximate surface area is 172 Å². The zero-order chi connectivity index (χ0) is 19.9. The van der Waals surface area contributed by atoms with E-state index in [-0.39, 0.29) is 23.8 Å². The van der Waals surface area contributed by atoms with Gasteiger partial charge in [-0.25, -0.2) is 0 Å². The first-order chi connectivity index (χ1) is 13.6. The molecular weight excluding hydrogens is 400 g/mol. The van der Waals surface area contributed by atoms with Crippen LogP contribution in [-0.4, -0.2) is 47.9 Å². The highest BCUT2D eigenvalue weighted by Crippen LogP contribution is 2.24. The fourth-order valence-corrected chi connectivity index (χ4v) is 4.08. The molecule has 1 saturated heterocycles. The number of nitriles is 1. The number of thioether (sulfide) groups is 1. The van der Waals surface area contributed by atoms with Gasteiger partial charge in [-0.15, -0.1) is 0 Å². The van der Waals surface area contributed by atoms with E-state index < -0.39 is 11.8 Å². The number of nitrogens with zero attached hydrogens (tertiary/aromatic N) is 2. The van der Waals surface area contributed by atoms with Crippen molar-refractivity contribution in [1.29, 1.82) is 5.26 Å². The van der Waals surface area contributed by atoms with E-state index in [1.807, 2.05) is 23.9 Å². The van der Waals surface area contributed by atoms with Gasteiger partial charge in [0.25, 0.3) is 0 Å². The molecular formula is C19H19ClN4O3S. The molecule has 1 fully saturated rings. The van der Waals surface area contributed by atoms with E-state index in [1.54, 1.807) is 18.6 Å². The van der Waals surface area contributed by atoms with E-state index in [4.69, 9.17) is 21.3 Å². The van der Waals surface area contributed by atoms with Crippen molar-refractivity contribution in [3.05, 3.63) is 52.9 Å². The lowest BCUT2D eigenvalue weighted by molar-refractivity contribution is -0.136. The van der Waals surface area contributed by atoms with E-state index in [2.05, 4.69) is 15.5 Å². The van der Waals surface area contributed by atoms with Crippen LogP contribution in [-0.2, 0) is 9.59 Å². The number of rotatable bonds is 5. The van der Waals surface area contributed by atoms with Crippen LogP contribution in [0.4, 0.5) is 5.69 Å². The summed E-state index contributed by atoms with van der Waals surface area (Å²) in [4.78, 5) is 26.8. The van der Waals surface area contributed by atoms with Crippen molar-refractivity contribution in [3.8, 4) is 6.07 Å². The molecule has 2 N–H and O–H groups in total. The summed E-state index contributed by atoms with van der Waals surface area (Å²) in [5, 5.41) is 14.6. The van der Waals surface area contributed by atoms with Gasteiger partial charge >= 0.3 is 11.8 Å². The molecule has 0 radical (unpaired) electrons. The molecule has 7 nitrogen and oxygen atoms in total. The average Bonchev–Trinajstić information content (AvgIpc) is 3.23. The Morgan fingerprint density at radius 1 is 1.29 bits per heavy atom. The van der Waals surface area contributed by atoms with Crippen molar-refractivity contribution in [2.24, 2.45) is 0 Å². The number of carbonyl (C=O) groups is 2. The van der Waals surface area contributed by atoms with Gasteiger partial charge in [0.15, 0.2) is 0 Å². The van der Waals surface area contributed by atoms with Crippen LogP contribution < -0.4 is 10.6 Å². The molecule has 2 amide bonds. The fraction of sp³-hybridized carbons (Fsp3) is 0.316. The molecule has 1 aliphatic rings. The van der Waals surface area contributed by atoms with Gasteiger partial charge in [0.2, 0.25) is 0 Å². The molecule has 0 bridgehead atoms. The van der Waals surface area contributed by atoms with Crippen molar-refractivity contribution in [1.82, 2.24) is 10.2 Å². The van der Waals surface area contributed by atoms with Crippen molar-refractivity contribution in [3.63, 3.8) is 0 Å². The summed E-state index contributed by atoms with van der Waals surface area (Å²) in [7, 11) is 0. The minimum absolute atomic E-state index is 0.0720. The third-order valence-corrected chi connectivity index (χ3v) is 5.60. The van der Waals surface area contributed by atoms with Gasteiger partial charge in [0.1, 0.15) is 6.07 Å². The lowest BCUT2D eigenvalue weighted by Crippen LogP contribution is -2.44. The highest BCUT2D eigenvalue weighted by atomic mass is 35.5. The van der Waals surface area contributed by atoms with Crippen LogP contribution in [0.1, 0.15) is 17.2 Å². The summed E-state index contributed by atoms with van der Waals surface area (Å²) in [6.07, 6.45) is 3.25. The van der Waals surface area contributed by atoms with E-state index in [1.165, 1.54) is 12.1 Å². The Morgan fingerprint density at radius 2 is 2.07 bits per heavy atom. The lowest BCUT2D eigenvalue weighted by atomic mass is 10.1. The van der Waals surface area contributed by atoms with Gasteiger partial charge in [-0.2, -0.15) is 17.0 Å². The molecule has 1 aliphatic heterocycles. The third-order valence-electron chi connectivity index (χ3n) is 4.43. The second-order valence-electron chi connectivity index (χ2n) is 6.19. The standard InChI is InChI=1S/C19H19ClN4O3S/c20-15-2-1-13(10-21)16(9-15)23-19(26)18(25)22-11-17(14-3-6-27-12-14)24-4-7-28-8-5-24/h1-3,6,9,12,17H,4-5,7-8,11H2,(H,22,25)(H,23,26). The summed E-state index contributed by atoms with van der Waals surface area (Å²) in [6, 6.07) is 8.21. The molecule has 28 heavy (non-hydrogen) atoms. The second-order valence-corrected chi connectivity index (χ2v) is 7.85. The van der Waals surface area contributed by atoms with Gasteiger partial charge in [0.05, 0.1) is 29.8 Å². The van der Waals surface area contributed by atoms with Crippen molar-refractivity contribution < 1.29 is 14.0 Å². The van der Waals surface area contributed by atoms with Crippen LogP contribution in [0.25, 0.3) is 0 Å². The Balaban J connectivity index is 1.63. The molecule has 0 saturated carbocycles. The maximum atomic E-state index is 12.3. The van der Waals surface area contributed by atoms with E-state index in [0.29, 0.717) is 5.02 Å². The summed E-state index contributed by atoms with van der Waals surface area (Å²) in [5.74, 6) is 0.422. The molecule has 2 aromatic rings. The van der Waals surface area contributed by atoms with E-state index in [9.17, 15) is 9.59 Å². The molecule has 3 rings (SSSR count). The van der Waals surface area contributed by atoms with Crippen molar-refractivity contribution in [2.45, 2.75) is 6.04 Å². The number of hydrogen-bond donors (Lipinski definition) is 2. The fourth-order valence-electron chi connectivity index (χ4n) is 2.98. The predicted octanol–water partition coefficient (Wildman–Crippen LogP) is 2.65. The van der Waals surface area contributed by atoms with Crippen molar-refractivity contribution >= 4 is 40.9 Å². The van der Waals surface area contributed by atoms with Gasteiger partial charge in [-0.3, -0.25) is 14.5 Å². The molecule has 1 aromatic carbocycles. The minimum atomic E-state index is -0.848. The number of amides is 2. The Morgan fingerprint density at radius 3 is 2.75 bits per heavy atom. The first-order valence-electron chi connectivity index (χ1n) is 8.71. The SMILES string of the molecule is N#Cc1ccc(Cl)cc1NC(=O)C(=O)NCC(c1ccoc1)N1CCSCC1. The first-order valence-corrected chi connectivity index (χ1v) is 10.2. The largest absolute Gasteiger partial charge is 0.472 e. The van der Waals surface area contributed by atoms with Crippen molar-refractivity contribution in [2.75, 3.05) is 36.5 Å². The number of carbonyl (C=O) groups excluding carboxylic acids is 2. The summed E-state index contributed by atoms with van der Waals surface area (Å²) < 4.78 is 5.19. The monoisotopic (exact) mass is 418 g/mol. The predicted molar refractivity (Wildman–Crippen MR) is 108 cm³/mol. The number of hydrogen-bond acceptors (Lipinski definition) is 6. The molecule has 1 aromatic heterocycles. The zero-order valence-corrected chi connectivity index (χ0v) is 16.6. The number of nitrogens with one attached hydrogen (secondary N) is 2. The van der Waals surface area contributed by atoms with Crippen LogP contribution in [0, 0.1) is 11.3 Å². The van der Waals surface area contributed by atoms with Crippen LogP contribution in [0.5, 0.6) is 0 Å². The molecule has 2 heterocycles. The molecule has 0 aliphatic carbocycles. The normalized spacial score (nSPS) is 15.4. The van der Waals surface area contributed by atoms with E-state index in [0.717, 1.165) is 30.2 Å². The average molecular weight is 419 g/mol. The molecule has 0 spiro atoms. The summed E-state index contributed by atoms with van der Waals surface area (Å²) in [6.45, 7) is 2.07. The second kappa shape index (κ2) is 9.64. The number of furan rings is 1. The highest BCUT2D eigenvalue weighted by molar-refractivity contribution is 7.99. The molecule has 146 valence electrons. The lowest BCUT2D eigenvalue weighted by Gasteiger charge is -2.33. The van der Waals surface area contributed by atoms with Crippen LogP contribution in [0.15, 0.2) is 41.2 Å².